The number of rotatable bonds is 3. The molecule has 0 spiro atoms. The minimum Gasteiger partial charge on any atom is -0.344 e. The molecule has 0 unspecified atom stereocenters. The van der Waals surface area contributed by atoms with Crippen LogP contribution in [-0.2, 0) is 0 Å². The minimum absolute atomic E-state index is 0.333. The van der Waals surface area contributed by atoms with Crippen LogP contribution in [0, 0.1) is 0 Å². The SMILES string of the molecule is CN(C)c1noc(-c2cc(Cl)cc(C=O)c2)n1. The van der Waals surface area contributed by atoms with Gasteiger partial charge < -0.3 is 9.42 Å². The first-order chi connectivity index (χ1) is 8.10. The van der Waals surface area contributed by atoms with Crippen LogP contribution in [0.15, 0.2) is 22.7 Å². The summed E-state index contributed by atoms with van der Waals surface area (Å²) in [5.74, 6) is 0.798. The van der Waals surface area contributed by atoms with Crippen molar-refractivity contribution in [1.82, 2.24) is 10.1 Å². The average Bonchev–Trinajstić information content (AvgIpc) is 2.77. The molecule has 88 valence electrons. The van der Waals surface area contributed by atoms with E-state index >= 15 is 0 Å². The van der Waals surface area contributed by atoms with E-state index in [4.69, 9.17) is 16.1 Å². The molecule has 0 bridgehead atoms. The van der Waals surface area contributed by atoms with Gasteiger partial charge in [-0.1, -0.05) is 11.6 Å². The summed E-state index contributed by atoms with van der Waals surface area (Å²) in [5.41, 5.74) is 1.09. The van der Waals surface area contributed by atoms with E-state index in [1.807, 2.05) is 14.1 Å². The van der Waals surface area contributed by atoms with Crippen molar-refractivity contribution in [3.8, 4) is 11.5 Å². The van der Waals surface area contributed by atoms with Crippen LogP contribution >= 0.6 is 11.6 Å². The number of aldehydes is 1. The molecule has 2 rings (SSSR count). The van der Waals surface area contributed by atoms with Gasteiger partial charge in [-0.15, -0.1) is 0 Å². The van der Waals surface area contributed by atoms with E-state index in [9.17, 15) is 4.79 Å². The Bertz CT molecular complexity index is 551. The Morgan fingerprint density at radius 2 is 2.12 bits per heavy atom. The Labute approximate surface area is 103 Å². The highest BCUT2D eigenvalue weighted by molar-refractivity contribution is 6.31. The zero-order chi connectivity index (χ0) is 12.4. The lowest BCUT2D eigenvalue weighted by molar-refractivity contribution is 0.112. The summed E-state index contributed by atoms with van der Waals surface area (Å²) in [5, 5.41) is 4.24. The summed E-state index contributed by atoms with van der Waals surface area (Å²) in [7, 11) is 3.62. The molecule has 0 aliphatic heterocycles. The highest BCUT2D eigenvalue weighted by Gasteiger charge is 2.11. The summed E-state index contributed by atoms with van der Waals surface area (Å²) in [6, 6.07) is 4.88. The molecule has 1 aromatic heterocycles. The molecule has 2 aromatic rings. The number of hydrogen-bond acceptors (Lipinski definition) is 5. The molecular weight excluding hydrogens is 242 g/mol. The topological polar surface area (TPSA) is 59.2 Å². The summed E-state index contributed by atoms with van der Waals surface area (Å²) < 4.78 is 5.09. The molecular formula is C11H10ClN3O2. The molecule has 5 nitrogen and oxygen atoms in total. The molecule has 0 saturated carbocycles. The molecule has 1 aromatic carbocycles. The Balaban J connectivity index is 2.44. The zero-order valence-electron chi connectivity index (χ0n) is 9.35. The first-order valence-corrected chi connectivity index (χ1v) is 5.25. The molecule has 0 N–H and O–H groups in total. The fraction of sp³-hybridized carbons (Fsp3) is 0.182. The summed E-state index contributed by atoms with van der Waals surface area (Å²) in [6.45, 7) is 0. The number of hydrogen-bond donors (Lipinski definition) is 0. The Hall–Kier alpha value is -1.88. The van der Waals surface area contributed by atoms with Crippen molar-refractivity contribution in [1.29, 1.82) is 0 Å². The third-order valence-corrected chi connectivity index (χ3v) is 2.34. The van der Waals surface area contributed by atoms with Gasteiger partial charge in [0.2, 0.25) is 0 Å². The van der Waals surface area contributed by atoms with Gasteiger partial charge in [0, 0.05) is 30.2 Å². The van der Waals surface area contributed by atoms with Crippen molar-refractivity contribution in [2.75, 3.05) is 19.0 Å². The maximum Gasteiger partial charge on any atom is 0.265 e. The second kappa shape index (κ2) is 4.55. The van der Waals surface area contributed by atoms with Gasteiger partial charge in [-0.05, 0) is 23.4 Å². The van der Waals surface area contributed by atoms with Crippen LogP contribution in [0.2, 0.25) is 5.02 Å². The van der Waals surface area contributed by atoms with Crippen LogP contribution in [0.5, 0.6) is 0 Å². The molecule has 17 heavy (non-hydrogen) atoms. The van der Waals surface area contributed by atoms with E-state index < -0.39 is 0 Å². The Kier molecular flexibility index (Phi) is 3.10. The van der Waals surface area contributed by atoms with E-state index in [1.54, 1.807) is 23.1 Å². The van der Waals surface area contributed by atoms with E-state index in [0.29, 0.717) is 28.0 Å². The highest BCUT2D eigenvalue weighted by atomic mass is 35.5. The summed E-state index contributed by atoms with van der Waals surface area (Å²) in [6.07, 6.45) is 0.721. The second-order valence-electron chi connectivity index (χ2n) is 3.69. The second-order valence-corrected chi connectivity index (χ2v) is 4.12. The van der Waals surface area contributed by atoms with Crippen molar-refractivity contribution in [2.24, 2.45) is 0 Å². The van der Waals surface area contributed by atoms with Gasteiger partial charge in [0.25, 0.3) is 11.8 Å². The maximum absolute atomic E-state index is 10.7. The fourth-order valence-corrected chi connectivity index (χ4v) is 1.56. The van der Waals surface area contributed by atoms with Crippen LogP contribution < -0.4 is 4.90 Å². The van der Waals surface area contributed by atoms with Crippen LogP contribution in [0.1, 0.15) is 10.4 Å². The number of halogens is 1. The number of benzene rings is 1. The van der Waals surface area contributed by atoms with Gasteiger partial charge in [0.15, 0.2) is 0 Å². The third kappa shape index (κ3) is 2.45. The van der Waals surface area contributed by atoms with Gasteiger partial charge in [-0.3, -0.25) is 4.79 Å². The van der Waals surface area contributed by atoms with Crippen LogP contribution in [-0.4, -0.2) is 30.5 Å². The highest BCUT2D eigenvalue weighted by Crippen LogP contribution is 2.24. The fourth-order valence-electron chi connectivity index (χ4n) is 1.32. The smallest absolute Gasteiger partial charge is 0.265 e. The average molecular weight is 252 g/mol. The molecule has 0 amide bonds. The molecule has 0 saturated heterocycles. The van der Waals surface area contributed by atoms with Crippen molar-refractivity contribution < 1.29 is 9.32 Å². The molecule has 6 heteroatoms. The summed E-state index contributed by atoms with van der Waals surface area (Å²) >= 11 is 5.89. The van der Waals surface area contributed by atoms with Crippen LogP contribution in [0.4, 0.5) is 5.95 Å². The quantitative estimate of drug-likeness (QED) is 0.783. The number of carbonyl (C=O) groups excluding carboxylic acids is 1. The summed E-state index contributed by atoms with van der Waals surface area (Å²) in [4.78, 5) is 16.6. The molecule has 0 atom stereocenters. The minimum atomic E-state index is 0.333. The molecule has 0 aliphatic rings. The van der Waals surface area contributed by atoms with Crippen molar-refractivity contribution in [3.63, 3.8) is 0 Å². The predicted molar refractivity (Wildman–Crippen MR) is 64.5 cm³/mol. The first kappa shape index (κ1) is 11.6. The number of anilines is 1. The lowest BCUT2D eigenvalue weighted by atomic mass is 10.1. The van der Waals surface area contributed by atoms with E-state index in [-0.39, 0.29) is 0 Å². The van der Waals surface area contributed by atoms with Gasteiger partial charge in [-0.2, -0.15) is 4.98 Å². The number of aromatic nitrogens is 2. The molecule has 0 fully saturated rings. The van der Waals surface area contributed by atoms with Crippen molar-refractivity contribution >= 4 is 23.8 Å². The Morgan fingerprint density at radius 3 is 2.71 bits per heavy atom. The zero-order valence-corrected chi connectivity index (χ0v) is 10.1. The van der Waals surface area contributed by atoms with Gasteiger partial charge >= 0.3 is 0 Å². The standard InChI is InChI=1S/C11H10ClN3O2/c1-15(2)11-13-10(17-14-11)8-3-7(6-16)4-9(12)5-8/h3-6H,1-2H3. The molecule has 0 radical (unpaired) electrons. The van der Waals surface area contributed by atoms with E-state index in [0.717, 1.165) is 6.29 Å². The monoisotopic (exact) mass is 251 g/mol. The predicted octanol–water partition coefficient (Wildman–Crippen LogP) is 2.27. The number of carbonyl (C=O) groups is 1. The first-order valence-electron chi connectivity index (χ1n) is 4.87. The van der Waals surface area contributed by atoms with E-state index in [2.05, 4.69) is 10.1 Å². The van der Waals surface area contributed by atoms with Gasteiger partial charge in [0.05, 0.1) is 0 Å². The Morgan fingerprint density at radius 1 is 1.35 bits per heavy atom. The third-order valence-electron chi connectivity index (χ3n) is 2.12. The lowest BCUT2D eigenvalue weighted by Crippen LogP contribution is -2.10. The molecule has 0 aliphatic carbocycles. The normalized spacial score (nSPS) is 10.3. The maximum atomic E-state index is 10.7. The molecule has 1 heterocycles. The lowest BCUT2D eigenvalue weighted by Gasteiger charge is -2.02. The number of nitrogens with zero attached hydrogens (tertiary/aromatic N) is 3. The van der Waals surface area contributed by atoms with E-state index in [1.165, 1.54) is 0 Å². The van der Waals surface area contributed by atoms with Gasteiger partial charge in [0.1, 0.15) is 6.29 Å². The van der Waals surface area contributed by atoms with Gasteiger partial charge in [-0.25, -0.2) is 0 Å². The van der Waals surface area contributed by atoms with Crippen LogP contribution in [0.3, 0.4) is 0 Å². The van der Waals surface area contributed by atoms with Crippen molar-refractivity contribution in [2.45, 2.75) is 0 Å². The van der Waals surface area contributed by atoms with Crippen molar-refractivity contribution in [3.05, 3.63) is 28.8 Å². The van der Waals surface area contributed by atoms with Crippen LogP contribution in [0.25, 0.3) is 11.5 Å². The largest absolute Gasteiger partial charge is 0.344 e.